The largest absolute Gasteiger partial charge is 0.497 e. The Morgan fingerprint density at radius 1 is 1.36 bits per heavy atom. The van der Waals surface area contributed by atoms with Crippen molar-refractivity contribution in [3.8, 4) is 5.75 Å². The summed E-state index contributed by atoms with van der Waals surface area (Å²) >= 11 is 0. The number of carbonyl (C=O) groups excluding carboxylic acids is 1. The molecule has 1 aromatic carbocycles. The van der Waals surface area contributed by atoms with Crippen LogP contribution in [0.3, 0.4) is 0 Å². The fourth-order valence-electron chi connectivity index (χ4n) is 3.10. The standard InChI is InChI=1S/C19H26N4O2/c1-25-17-8-6-15(7-9-17)4-2-12-21-19(24)18-10-13-23(22-18)16-5-3-11-20-14-16/h6-10,13,16,20H,2-5,11-12,14H2,1H3,(H,21,24). The molecule has 1 atom stereocenters. The minimum absolute atomic E-state index is 0.0998. The van der Waals surface area contributed by atoms with Crippen LogP contribution in [0.25, 0.3) is 0 Å². The van der Waals surface area contributed by atoms with Gasteiger partial charge in [-0.1, -0.05) is 12.1 Å². The van der Waals surface area contributed by atoms with Crippen molar-refractivity contribution in [2.24, 2.45) is 0 Å². The number of amides is 1. The van der Waals surface area contributed by atoms with Gasteiger partial charge >= 0.3 is 0 Å². The van der Waals surface area contributed by atoms with Gasteiger partial charge in [-0.3, -0.25) is 9.48 Å². The van der Waals surface area contributed by atoms with Crippen molar-refractivity contribution >= 4 is 5.91 Å². The smallest absolute Gasteiger partial charge is 0.271 e. The van der Waals surface area contributed by atoms with E-state index in [2.05, 4.69) is 27.9 Å². The van der Waals surface area contributed by atoms with E-state index in [-0.39, 0.29) is 5.91 Å². The summed E-state index contributed by atoms with van der Waals surface area (Å²) in [7, 11) is 1.66. The molecule has 2 heterocycles. The van der Waals surface area contributed by atoms with Gasteiger partial charge in [-0.05, 0) is 56.0 Å². The van der Waals surface area contributed by atoms with Crippen LogP contribution in [-0.2, 0) is 6.42 Å². The van der Waals surface area contributed by atoms with Crippen LogP contribution in [0.5, 0.6) is 5.75 Å². The minimum Gasteiger partial charge on any atom is -0.497 e. The van der Waals surface area contributed by atoms with E-state index in [0.29, 0.717) is 18.3 Å². The lowest BCUT2D eigenvalue weighted by molar-refractivity contribution is 0.0947. The highest BCUT2D eigenvalue weighted by molar-refractivity contribution is 5.92. The van der Waals surface area contributed by atoms with E-state index in [4.69, 9.17) is 4.74 Å². The van der Waals surface area contributed by atoms with Gasteiger partial charge in [0.05, 0.1) is 13.2 Å². The minimum atomic E-state index is -0.0998. The van der Waals surface area contributed by atoms with Gasteiger partial charge in [0.2, 0.25) is 0 Å². The Hall–Kier alpha value is -2.34. The Morgan fingerprint density at radius 2 is 2.20 bits per heavy atom. The number of hydrogen-bond donors (Lipinski definition) is 2. The summed E-state index contributed by atoms with van der Waals surface area (Å²) < 4.78 is 7.07. The van der Waals surface area contributed by atoms with Crippen LogP contribution in [0.4, 0.5) is 0 Å². The average Bonchev–Trinajstić information content (AvgIpc) is 3.16. The number of ether oxygens (including phenoxy) is 1. The van der Waals surface area contributed by atoms with Crippen LogP contribution in [0.15, 0.2) is 36.5 Å². The molecule has 1 fully saturated rings. The van der Waals surface area contributed by atoms with Crippen LogP contribution >= 0.6 is 0 Å². The van der Waals surface area contributed by atoms with E-state index >= 15 is 0 Å². The second-order valence-electron chi connectivity index (χ2n) is 6.39. The topological polar surface area (TPSA) is 68.2 Å². The highest BCUT2D eigenvalue weighted by atomic mass is 16.5. The molecule has 2 aromatic rings. The van der Waals surface area contributed by atoms with Crippen LogP contribution in [0.1, 0.15) is 41.4 Å². The van der Waals surface area contributed by atoms with Crippen LogP contribution < -0.4 is 15.4 Å². The van der Waals surface area contributed by atoms with Crippen molar-refractivity contribution in [1.29, 1.82) is 0 Å². The van der Waals surface area contributed by atoms with Gasteiger partial charge in [0.25, 0.3) is 5.91 Å². The van der Waals surface area contributed by atoms with E-state index in [1.165, 1.54) is 5.56 Å². The molecule has 1 amide bonds. The lowest BCUT2D eigenvalue weighted by atomic mass is 10.1. The van der Waals surface area contributed by atoms with Crippen LogP contribution in [0, 0.1) is 0 Å². The summed E-state index contributed by atoms with van der Waals surface area (Å²) in [4.78, 5) is 12.2. The molecule has 2 N–H and O–H groups in total. The average molecular weight is 342 g/mol. The zero-order chi connectivity index (χ0) is 17.5. The number of rotatable bonds is 7. The van der Waals surface area contributed by atoms with Gasteiger partial charge in [0, 0.05) is 19.3 Å². The Bertz CT molecular complexity index is 675. The Balaban J connectivity index is 1.42. The van der Waals surface area contributed by atoms with Crippen LogP contribution in [0.2, 0.25) is 0 Å². The van der Waals surface area contributed by atoms with E-state index in [1.807, 2.05) is 23.0 Å². The van der Waals surface area contributed by atoms with Gasteiger partial charge < -0.3 is 15.4 Å². The summed E-state index contributed by atoms with van der Waals surface area (Å²) in [5, 5.41) is 10.8. The van der Waals surface area contributed by atoms with E-state index in [9.17, 15) is 4.79 Å². The second kappa shape index (κ2) is 8.67. The third-order valence-electron chi connectivity index (χ3n) is 4.57. The highest BCUT2D eigenvalue weighted by Crippen LogP contribution is 2.16. The molecule has 25 heavy (non-hydrogen) atoms. The number of methoxy groups -OCH3 is 1. The Labute approximate surface area is 148 Å². The first-order valence-electron chi connectivity index (χ1n) is 8.93. The lowest BCUT2D eigenvalue weighted by Gasteiger charge is -2.22. The third kappa shape index (κ3) is 4.82. The molecule has 134 valence electrons. The summed E-state index contributed by atoms with van der Waals surface area (Å²) in [6.07, 6.45) is 5.98. The van der Waals surface area contributed by atoms with Crippen molar-refractivity contribution < 1.29 is 9.53 Å². The molecule has 1 aromatic heterocycles. The van der Waals surface area contributed by atoms with Gasteiger partial charge in [-0.15, -0.1) is 0 Å². The van der Waals surface area contributed by atoms with Crippen molar-refractivity contribution in [1.82, 2.24) is 20.4 Å². The van der Waals surface area contributed by atoms with Gasteiger partial charge in [0.1, 0.15) is 11.4 Å². The molecule has 0 bridgehead atoms. The van der Waals surface area contributed by atoms with E-state index in [0.717, 1.165) is 44.5 Å². The monoisotopic (exact) mass is 342 g/mol. The predicted molar refractivity (Wildman–Crippen MR) is 97.0 cm³/mol. The fraction of sp³-hybridized carbons (Fsp3) is 0.474. The second-order valence-corrected chi connectivity index (χ2v) is 6.39. The normalized spacial score (nSPS) is 17.2. The first kappa shape index (κ1) is 17.5. The molecular formula is C19H26N4O2. The number of aryl methyl sites for hydroxylation is 1. The molecule has 0 aliphatic carbocycles. The molecule has 0 radical (unpaired) electrons. The molecule has 3 rings (SSSR count). The Morgan fingerprint density at radius 3 is 2.92 bits per heavy atom. The predicted octanol–water partition coefficient (Wildman–Crippen LogP) is 2.18. The number of benzene rings is 1. The number of nitrogens with zero attached hydrogens (tertiary/aromatic N) is 2. The molecule has 0 spiro atoms. The van der Waals surface area contributed by atoms with E-state index in [1.54, 1.807) is 13.2 Å². The molecule has 0 saturated carbocycles. The number of aromatic nitrogens is 2. The van der Waals surface area contributed by atoms with Gasteiger partial charge in [0.15, 0.2) is 0 Å². The first-order chi connectivity index (χ1) is 12.3. The summed E-state index contributed by atoms with van der Waals surface area (Å²) in [6, 6.07) is 10.2. The SMILES string of the molecule is COc1ccc(CCCNC(=O)c2ccn(C3CCCNC3)n2)cc1. The molecule has 6 nitrogen and oxygen atoms in total. The number of nitrogens with one attached hydrogen (secondary N) is 2. The molecule has 1 aliphatic heterocycles. The molecular weight excluding hydrogens is 316 g/mol. The quantitative estimate of drug-likeness (QED) is 0.757. The summed E-state index contributed by atoms with van der Waals surface area (Å²) in [5.41, 5.74) is 1.74. The van der Waals surface area contributed by atoms with Crippen molar-refractivity contribution in [3.63, 3.8) is 0 Å². The number of carbonyl (C=O) groups is 1. The molecule has 1 unspecified atom stereocenters. The van der Waals surface area contributed by atoms with Crippen molar-refractivity contribution in [2.45, 2.75) is 31.7 Å². The molecule has 6 heteroatoms. The Kier molecular flexibility index (Phi) is 6.06. The van der Waals surface area contributed by atoms with Gasteiger partial charge in [-0.25, -0.2) is 0 Å². The summed E-state index contributed by atoms with van der Waals surface area (Å²) in [5.74, 6) is 0.762. The van der Waals surface area contributed by atoms with E-state index < -0.39 is 0 Å². The van der Waals surface area contributed by atoms with Crippen LogP contribution in [-0.4, -0.2) is 42.4 Å². The zero-order valence-corrected chi connectivity index (χ0v) is 14.7. The molecule has 1 saturated heterocycles. The lowest BCUT2D eigenvalue weighted by Crippen LogP contribution is -2.32. The van der Waals surface area contributed by atoms with Crippen molar-refractivity contribution in [3.05, 3.63) is 47.8 Å². The first-order valence-corrected chi connectivity index (χ1v) is 8.93. The highest BCUT2D eigenvalue weighted by Gasteiger charge is 2.17. The zero-order valence-electron chi connectivity index (χ0n) is 14.7. The third-order valence-corrected chi connectivity index (χ3v) is 4.57. The number of piperidine rings is 1. The maximum absolute atomic E-state index is 12.2. The fourth-order valence-corrected chi connectivity index (χ4v) is 3.10. The maximum Gasteiger partial charge on any atom is 0.271 e. The maximum atomic E-state index is 12.2. The molecule has 1 aliphatic rings. The number of hydrogen-bond acceptors (Lipinski definition) is 4. The summed E-state index contributed by atoms with van der Waals surface area (Å²) in [6.45, 7) is 2.63. The van der Waals surface area contributed by atoms with Gasteiger partial charge in [-0.2, -0.15) is 5.10 Å². The van der Waals surface area contributed by atoms with Crippen molar-refractivity contribution in [2.75, 3.05) is 26.7 Å².